The largest absolute Gasteiger partial charge is 0.489 e. The molecule has 0 unspecified atom stereocenters. The van der Waals surface area contributed by atoms with Gasteiger partial charge in [0.15, 0.2) is 0 Å². The molecule has 6 heteroatoms. The summed E-state index contributed by atoms with van der Waals surface area (Å²) in [5.41, 5.74) is 1.55. The van der Waals surface area contributed by atoms with Gasteiger partial charge in [-0.05, 0) is 35.4 Å². The van der Waals surface area contributed by atoms with Crippen molar-refractivity contribution in [3.05, 3.63) is 65.5 Å². The van der Waals surface area contributed by atoms with E-state index in [1.807, 2.05) is 0 Å². The Balaban J connectivity index is 1.84. The molecule has 138 valence electrons. The number of Topliss-reactive ketones (excluding diaryl/α,β-unsaturated/α-hetero) is 1. The zero-order valence-electron chi connectivity index (χ0n) is 14.6. The van der Waals surface area contributed by atoms with Crippen LogP contribution in [0.5, 0.6) is 5.75 Å². The third kappa shape index (κ3) is 6.64. The quantitative estimate of drug-likeness (QED) is 0.721. The summed E-state index contributed by atoms with van der Waals surface area (Å²) < 4.78 is 18.7. The summed E-state index contributed by atoms with van der Waals surface area (Å²) in [5.74, 6) is -0.0415. The highest BCUT2D eigenvalue weighted by Gasteiger charge is 2.14. The van der Waals surface area contributed by atoms with Gasteiger partial charge in [-0.25, -0.2) is 4.39 Å². The van der Waals surface area contributed by atoms with Crippen LogP contribution in [0.15, 0.2) is 48.5 Å². The Morgan fingerprint density at radius 3 is 2.50 bits per heavy atom. The highest BCUT2D eigenvalue weighted by Crippen LogP contribution is 2.15. The lowest BCUT2D eigenvalue weighted by Crippen LogP contribution is -2.37. The van der Waals surface area contributed by atoms with Crippen LogP contribution in [0.4, 0.5) is 4.39 Å². The molecular weight excluding hydrogens is 337 g/mol. The van der Waals surface area contributed by atoms with Gasteiger partial charge in [0.2, 0.25) is 5.91 Å². The van der Waals surface area contributed by atoms with Crippen molar-refractivity contribution in [2.75, 3.05) is 6.61 Å². The molecule has 0 fully saturated rings. The minimum atomic E-state index is -0.561. The van der Waals surface area contributed by atoms with E-state index in [1.165, 1.54) is 19.1 Å². The number of carbonyl (C=O) groups is 2. The Labute approximate surface area is 151 Å². The van der Waals surface area contributed by atoms with E-state index < -0.39 is 6.04 Å². The molecule has 26 heavy (non-hydrogen) atoms. The number of benzene rings is 2. The second kappa shape index (κ2) is 9.68. The Morgan fingerprint density at radius 1 is 1.15 bits per heavy atom. The summed E-state index contributed by atoms with van der Waals surface area (Å²) >= 11 is 0. The minimum absolute atomic E-state index is 0.0773. The number of ketones is 1. The van der Waals surface area contributed by atoms with Gasteiger partial charge in [-0.1, -0.05) is 24.3 Å². The topological polar surface area (TPSA) is 75.6 Å². The van der Waals surface area contributed by atoms with Crippen LogP contribution in [0.1, 0.15) is 24.5 Å². The number of hydrogen-bond donors (Lipinski definition) is 2. The molecule has 2 aromatic rings. The highest BCUT2D eigenvalue weighted by molar-refractivity contribution is 5.82. The smallest absolute Gasteiger partial charge is 0.217 e. The first kappa shape index (κ1) is 19.6. The molecule has 0 spiro atoms. The second-order valence-electron chi connectivity index (χ2n) is 6.06. The van der Waals surface area contributed by atoms with Crippen molar-refractivity contribution < 1.29 is 23.8 Å². The Kier molecular flexibility index (Phi) is 7.29. The number of hydrogen-bond acceptors (Lipinski definition) is 4. The third-order valence-electron chi connectivity index (χ3n) is 3.72. The molecule has 2 N–H and O–H groups in total. The lowest BCUT2D eigenvalue weighted by molar-refractivity contribution is -0.121. The molecule has 2 aromatic carbocycles. The number of amides is 1. The van der Waals surface area contributed by atoms with Crippen molar-refractivity contribution in [1.29, 1.82) is 0 Å². The fraction of sp³-hybridized carbons (Fsp3) is 0.300. The number of nitrogens with one attached hydrogen (secondary N) is 1. The molecule has 0 aliphatic rings. The van der Waals surface area contributed by atoms with Crippen LogP contribution in [0, 0.1) is 5.82 Å². The van der Waals surface area contributed by atoms with E-state index in [4.69, 9.17) is 4.74 Å². The maximum Gasteiger partial charge on any atom is 0.217 e. The van der Waals surface area contributed by atoms with Gasteiger partial charge in [0.05, 0.1) is 12.6 Å². The third-order valence-corrected chi connectivity index (χ3v) is 3.72. The molecule has 2 rings (SSSR count). The van der Waals surface area contributed by atoms with E-state index in [0.29, 0.717) is 5.75 Å². The number of rotatable bonds is 9. The molecule has 1 atom stereocenters. The summed E-state index contributed by atoms with van der Waals surface area (Å²) in [6, 6.07) is 12.7. The van der Waals surface area contributed by atoms with E-state index in [0.717, 1.165) is 11.1 Å². The molecule has 0 aliphatic heterocycles. The molecule has 0 bridgehead atoms. The average Bonchev–Trinajstić information content (AvgIpc) is 2.60. The molecule has 0 saturated heterocycles. The van der Waals surface area contributed by atoms with Crippen molar-refractivity contribution in [3.63, 3.8) is 0 Å². The molecular formula is C20H22FNO4. The summed E-state index contributed by atoms with van der Waals surface area (Å²) in [4.78, 5) is 23.1. The molecule has 5 nitrogen and oxygen atoms in total. The summed E-state index contributed by atoms with van der Waals surface area (Å²) in [6.07, 6.45) is 0.286. The fourth-order valence-electron chi connectivity index (χ4n) is 2.52. The molecule has 0 saturated carbocycles. The maximum absolute atomic E-state index is 13.1. The minimum Gasteiger partial charge on any atom is -0.489 e. The van der Waals surface area contributed by atoms with E-state index in [2.05, 4.69) is 5.32 Å². The number of aliphatic hydroxyl groups is 1. The van der Waals surface area contributed by atoms with Crippen molar-refractivity contribution in [2.45, 2.75) is 32.4 Å². The Bertz CT molecular complexity index is 746. The SMILES string of the molecule is CC(=O)N[C@H](CO)CC(=O)Cc1ccc(OCc2cccc(F)c2)cc1. The van der Waals surface area contributed by atoms with Crippen LogP contribution >= 0.6 is 0 Å². The molecule has 0 aliphatic carbocycles. The van der Waals surface area contributed by atoms with Gasteiger partial charge in [0.25, 0.3) is 0 Å². The number of carbonyl (C=O) groups excluding carboxylic acids is 2. The van der Waals surface area contributed by atoms with Crippen molar-refractivity contribution >= 4 is 11.7 Å². The van der Waals surface area contributed by atoms with Gasteiger partial charge < -0.3 is 15.2 Å². The first-order valence-corrected chi connectivity index (χ1v) is 8.32. The molecule has 0 aromatic heterocycles. The first-order chi connectivity index (χ1) is 12.5. The van der Waals surface area contributed by atoms with Gasteiger partial charge in [0.1, 0.15) is 24.0 Å². The summed E-state index contributed by atoms with van der Waals surface area (Å²) in [7, 11) is 0. The average molecular weight is 359 g/mol. The van der Waals surface area contributed by atoms with Crippen molar-refractivity contribution in [1.82, 2.24) is 5.32 Å². The van der Waals surface area contributed by atoms with Crippen molar-refractivity contribution in [3.8, 4) is 5.75 Å². The monoisotopic (exact) mass is 359 g/mol. The zero-order valence-corrected chi connectivity index (χ0v) is 14.6. The highest BCUT2D eigenvalue weighted by atomic mass is 19.1. The van der Waals surface area contributed by atoms with Gasteiger partial charge in [0, 0.05) is 19.8 Å². The van der Waals surface area contributed by atoms with E-state index in [1.54, 1.807) is 36.4 Å². The predicted molar refractivity (Wildman–Crippen MR) is 95.2 cm³/mol. The second-order valence-corrected chi connectivity index (χ2v) is 6.06. The molecule has 1 amide bonds. The van der Waals surface area contributed by atoms with E-state index in [9.17, 15) is 19.1 Å². The number of aliphatic hydroxyl groups excluding tert-OH is 1. The van der Waals surface area contributed by atoms with Gasteiger partial charge in [-0.2, -0.15) is 0 Å². The van der Waals surface area contributed by atoms with Crippen LogP contribution in [-0.2, 0) is 22.6 Å². The molecule has 0 heterocycles. The molecule has 0 radical (unpaired) electrons. The van der Waals surface area contributed by atoms with E-state index in [-0.39, 0.29) is 43.6 Å². The van der Waals surface area contributed by atoms with E-state index >= 15 is 0 Å². The summed E-state index contributed by atoms with van der Waals surface area (Å²) in [6.45, 7) is 1.32. The van der Waals surface area contributed by atoms with Crippen LogP contribution in [-0.4, -0.2) is 29.4 Å². The standard InChI is InChI=1S/C20H22FNO4/c1-14(24)22-18(12-23)11-19(25)10-15-5-7-20(8-6-15)26-13-16-3-2-4-17(21)9-16/h2-9,18,23H,10-13H2,1H3,(H,22,24)/t18-/m0/s1. The van der Waals surface area contributed by atoms with Gasteiger partial charge >= 0.3 is 0 Å². The zero-order chi connectivity index (χ0) is 18.9. The van der Waals surface area contributed by atoms with Crippen molar-refractivity contribution in [2.24, 2.45) is 0 Å². The first-order valence-electron chi connectivity index (χ1n) is 8.32. The van der Waals surface area contributed by atoms with Crippen LogP contribution in [0.2, 0.25) is 0 Å². The lowest BCUT2D eigenvalue weighted by atomic mass is 10.0. The maximum atomic E-state index is 13.1. The van der Waals surface area contributed by atoms with Gasteiger partial charge in [-0.3, -0.25) is 9.59 Å². The van der Waals surface area contributed by atoms with Gasteiger partial charge in [-0.15, -0.1) is 0 Å². The van der Waals surface area contributed by atoms with Crippen LogP contribution in [0.3, 0.4) is 0 Å². The normalized spacial score (nSPS) is 11.7. The number of ether oxygens (including phenoxy) is 1. The Morgan fingerprint density at radius 2 is 1.88 bits per heavy atom. The number of halogens is 1. The predicted octanol–water partition coefficient (Wildman–Crippen LogP) is 2.40. The lowest BCUT2D eigenvalue weighted by Gasteiger charge is -2.14. The Hall–Kier alpha value is -2.73. The fourth-order valence-corrected chi connectivity index (χ4v) is 2.52. The van der Waals surface area contributed by atoms with Crippen LogP contribution in [0.25, 0.3) is 0 Å². The summed E-state index contributed by atoms with van der Waals surface area (Å²) in [5, 5.41) is 11.7. The van der Waals surface area contributed by atoms with Crippen LogP contribution < -0.4 is 10.1 Å².